The van der Waals surface area contributed by atoms with Gasteiger partial charge in [0.25, 0.3) is 0 Å². The normalized spacial score (nSPS) is 12.1. The van der Waals surface area contributed by atoms with Crippen molar-refractivity contribution in [3.05, 3.63) is 0 Å². The molecule has 0 aromatic carbocycles. The lowest BCUT2D eigenvalue weighted by atomic mass is 10.0. The van der Waals surface area contributed by atoms with E-state index in [1.54, 1.807) is 0 Å². The fourth-order valence-corrected chi connectivity index (χ4v) is 7.11. The third kappa shape index (κ3) is 41.6. The van der Waals surface area contributed by atoms with Gasteiger partial charge in [0, 0.05) is 19.3 Å². The van der Waals surface area contributed by atoms with E-state index >= 15 is 0 Å². The standard InChI is InChI=1S/C48H92O6/c1-6-7-8-26-35-40-48(51)54-45(42-53-47(50)39-34-30-25-21-23-28-32-37-44(4)5)41-52-46(49)38-33-29-24-20-18-16-14-12-10-9-11-13-15-17-19-22-27-31-36-43(2)3/h43-45H,6-42H2,1-5H3/t45-/m0/s1. The molecule has 320 valence electrons. The first-order chi connectivity index (χ1) is 26.2. The third-order valence-corrected chi connectivity index (χ3v) is 10.7. The summed E-state index contributed by atoms with van der Waals surface area (Å²) in [5.74, 6) is 0.768. The van der Waals surface area contributed by atoms with E-state index in [0.717, 1.165) is 76.0 Å². The molecule has 0 aliphatic carbocycles. The molecule has 0 bridgehead atoms. The maximum Gasteiger partial charge on any atom is 0.306 e. The Morgan fingerprint density at radius 1 is 0.352 bits per heavy atom. The highest BCUT2D eigenvalue weighted by atomic mass is 16.6. The molecule has 0 spiro atoms. The van der Waals surface area contributed by atoms with Crippen LogP contribution in [0.2, 0.25) is 0 Å². The van der Waals surface area contributed by atoms with Crippen molar-refractivity contribution in [1.29, 1.82) is 0 Å². The van der Waals surface area contributed by atoms with Crippen molar-refractivity contribution in [1.82, 2.24) is 0 Å². The molecule has 6 heteroatoms. The maximum atomic E-state index is 12.5. The summed E-state index contributed by atoms with van der Waals surface area (Å²) >= 11 is 0. The van der Waals surface area contributed by atoms with Crippen molar-refractivity contribution in [3.63, 3.8) is 0 Å². The van der Waals surface area contributed by atoms with Crippen LogP contribution in [0.25, 0.3) is 0 Å². The van der Waals surface area contributed by atoms with Gasteiger partial charge in [0.1, 0.15) is 13.2 Å². The van der Waals surface area contributed by atoms with E-state index in [9.17, 15) is 14.4 Å². The van der Waals surface area contributed by atoms with Crippen molar-refractivity contribution in [2.24, 2.45) is 11.8 Å². The number of ether oxygens (including phenoxy) is 3. The lowest BCUT2D eigenvalue weighted by molar-refractivity contribution is -0.167. The van der Waals surface area contributed by atoms with Gasteiger partial charge in [-0.2, -0.15) is 0 Å². The minimum Gasteiger partial charge on any atom is -0.462 e. The van der Waals surface area contributed by atoms with Gasteiger partial charge in [0.2, 0.25) is 0 Å². The highest BCUT2D eigenvalue weighted by Gasteiger charge is 2.19. The van der Waals surface area contributed by atoms with Crippen LogP contribution in [0.4, 0.5) is 0 Å². The molecule has 0 amide bonds. The molecule has 0 unspecified atom stereocenters. The molecule has 0 aromatic heterocycles. The Balaban J connectivity index is 4.01. The summed E-state index contributed by atoms with van der Waals surface area (Å²) in [7, 11) is 0. The van der Waals surface area contributed by atoms with Crippen molar-refractivity contribution >= 4 is 17.9 Å². The topological polar surface area (TPSA) is 78.9 Å². The van der Waals surface area contributed by atoms with Gasteiger partial charge in [0.05, 0.1) is 0 Å². The number of carbonyl (C=O) groups excluding carboxylic acids is 3. The van der Waals surface area contributed by atoms with Crippen molar-refractivity contribution in [2.75, 3.05) is 13.2 Å². The zero-order valence-corrected chi connectivity index (χ0v) is 36.8. The summed E-state index contributed by atoms with van der Waals surface area (Å²) in [6.45, 7) is 11.2. The highest BCUT2D eigenvalue weighted by Crippen LogP contribution is 2.17. The highest BCUT2D eigenvalue weighted by molar-refractivity contribution is 5.71. The Morgan fingerprint density at radius 2 is 0.611 bits per heavy atom. The second-order valence-electron chi connectivity index (χ2n) is 17.3. The Kier molecular flexibility index (Phi) is 39.8. The van der Waals surface area contributed by atoms with Gasteiger partial charge < -0.3 is 14.2 Å². The number of unbranched alkanes of at least 4 members (excludes halogenated alkanes) is 27. The second-order valence-corrected chi connectivity index (χ2v) is 17.3. The molecule has 54 heavy (non-hydrogen) atoms. The monoisotopic (exact) mass is 765 g/mol. The first-order valence-corrected chi connectivity index (χ1v) is 23.7. The zero-order valence-electron chi connectivity index (χ0n) is 36.8. The van der Waals surface area contributed by atoms with Gasteiger partial charge in [-0.05, 0) is 31.1 Å². The van der Waals surface area contributed by atoms with Crippen LogP contribution < -0.4 is 0 Å². The molecule has 0 fully saturated rings. The van der Waals surface area contributed by atoms with Crippen LogP contribution in [0, 0.1) is 11.8 Å². The fraction of sp³-hybridized carbons (Fsp3) is 0.938. The van der Waals surface area contributed by atoms with Crippen LogP contribution in [0.3, 0.4) is 0 Å². The van der Waals surface area contributed by atoms with E-state index in [0.29, 0.717) is 19.3 Å². The van der Waals surface area contributed by atoms with E-state index in [1.807, 2.05) is 0 Å². The summed E-state index contributed by atoms with van der Waals surface area (Å²) in [6.07, 6.45) is 40.0. The molecule has 0 radical (unpaired) electrons. The molecule has 0 aliphatic rings. The van der Waals surface area contributed by atoms with Gasteiger partial charge in [0.15, 0.2) is 6.10 Å². The van der Waals surface area contributed by atoms with E-state index in [-0.39, 0.29) is 31.1 Å². The fourth-order valence-electron chi connectivity index (χ4n) is 7.11. The molecule has 1 atom stereocenters. The molecule has 0 N–H and O–H groups in total. The summed E-state index contributed by atoms with van der Waals surface area (Å²) in [5, 5.41) is 0. The van der Waals surface area contributed by atoms with Gasteiger partial charge in [-0.1, -0.05) is 221 Å². The van der Waals surface area contributed by atoms with Gasteiger partial charge >= 0.3 is 17.9 Å². The number of rotatable bonds is 42. The van der Waals surface area contributed by atoms with Crippen molar-refractivity contribution in [2.45, 2.75) is 265 Å². The Hall–Kier alpha value is -1.59. The number of esters is 3. The van der Waals surface area contributed by atoms with Crippen LogP contribution in [0.15, 0.2) is 0 Å². The molecule has 0 saturated heterocycles. The summed E-state index contributed by atoms with van der Waals surface area (Å²) < 4.78 is 16.6. The third-order valence-electron chi connectivity index (χ3n) is 10.7. The molecule has 0 rings (SSSR count). The summed E-state index contributed by atoms with van der Waals surface area (Å²) in [4.78, 5) is 37.4. The van der Waals surface area contributed by atoms with Crippen LogP contribution in [-0.2, 0) is 28.6 Å². The second kappa shape index (κ2) is 41.1. The summed E-state index contributed by atoms with van der Waals surface area (Å²) in [5.41, 5.74) is 0. The zero-order chi connectivity index (χ0) is 39.7. The largest absolute Gasteiger partial charge is 0.462 e. The first kappa shape index (κ1) is 52.4. The average Bonchev–Trinajstić information content (AvgIpc) is 3.14. The van der Waals surface area contributed by atoms with Gasteiger partial charge in [-0.15, -0.1) is 0 Å². The molecule has 0 saturated carbocycles. The lowest BCUT2D eigenvalue weighted by Crippen LogP contribution is -2.30. The average molecular weight is 765 g/mol. The van der Waals surface area contributed by atoms with Crippen molar-refractivity contribution in [3.8, 4) is 0 Å². The SMILES string of the molecule is CCCCCCCC(=O)O[C@@H](COC(=O)CCCCCCCCCCCCCCCCCCCCC(C)C)COC(=O)CCCCCCCCCC(C)C. The molecule has 0 aliphatic heterocycles. The number of hydrogen-bond donors (Lipinski definition) is 0. The quantitative estimate of drug-likeness (QED) is 0.0350. The predicted octanol–water partition coefficient (Wildman–Crippen LogP) is 15.0. The maximum absolute atomic E-state index is 12.5. The van der Waals surface area contributed by atoms with Gasteiger partial charge in [-0.25, -0.2) is 0 Å². The molecule has 6 nitrogen and oxygen atoms in total. The molecule has 0 aromatic rings. The van der Waals surface area contributed by atoms with Crippen LogP contribution in [0.5, 0.6) is 0 Å². The minimum atomic E-state index is -0.758. The Morgan fingerprint density at radius 3 is 0.907 bits per heavy atom. The lowest BCUT2D eigenvalue weighted by Gasteiger charge is -2.18. The minimum absolute atomic E-state index is 0.0663. The predicted molar refractivity (Wildman–Crippen MR) is 229 cm³/mol. The van der Waals surface area contributed by atoms with E-state index in [2.05, 4.69) is 34.6 Å². The van der Waals surface area contributed by atoms with Crippen LogP contribution in [0.1, 0.15) is 259 Å². The van der Waals surface area contributed by atoms with Crippen molar-refractivity contribution < 1.29 is 28.6 Å². The van der Waals surface area contributed by atoms with Gasteiger partial charge in [-0.3, -0.25) is 14.4 Å². The Labute approximate surface area is 336 Å². The molecular formula is C48H92O6. The Bertz CT molecular complexity index is 824. The first-order valence-electron chi connectivity index (χ1n) is 23.7. The van der Waals surface area contributed by atoms with E-state index in [4.69, 9.17) is 14.2 Å². The molecule has 0 heterocycles. The summed E-state index contributed by atoms with van der Waals surface area (Å²) in [6, 6.07) is 0. The smallest absolute Gasteiger partial charge is 0.306 e. The van der Waals surface area contributed by atoms with E-state index in [1.165, 1.54) is 141 Å². The van der Waals surface area contributed by atoms with E-state index < -0.39 is 6.10 Å². The molecular weight excluding hydrogens is 673 g/mol. The van der Waals surface area contributed by atoms with Crippen LogP contribution in [-0.4, -0.2) is 37.2 Å². The number of hydrogen-bond acceptors (Lipinski definition) is 6. The number of carbonyl (C=O) groups is 3. The van der Waals surface area contributed by atoms with Crippen LogP contribution >= 0.6 is 0 Å².